The summed E-state index contributed by atoms with van der Waals surface area (Å²) in [6.07, 6.45) is 11.4. The molecule has 5 aliphatic rings. The predicted octanol–water partition coefficient (Wildman–Crippen LogP) is 14.1. The lowest BCUT2D eigenvalue weighted by molar-refractivity contribution is -0.141. The summed E-state index contributed by atoms with van der Waals surface area (Å²) in [7, 11) is 6.28. The maximum Gasteiger partial charge on any atom is 0.434 e. The topological polar surface area (TPSA) is 310 Å². The highest BCUT2D eigenvalue weighted by atomic mass is 127. The van der Waals surface area contributed by atoms with Gasteiger partial charge in [-0.15, -0.1) is 0 Å². The van der Waals surface area contributed by atoms with E-state index in [1.54, 1.807) is 92.7 Å². The molecule has 18 rings (SSSR count). The number of aromatic nitrogens is 22. The van der Waals surface area contributed by atoms with Crippen LogP contribution in [0.2, 0.25) is 10.4 Å². The maximum absolute atomic E-state index is 13.1. The van der Waals surface area contributed by atoms with Crippen molar-refractivity contribution in [2.75, 3.05) is 14.2 Å². The first-order chi connectivity index (χ1) is 53.9. The Morgan fingerprint density at radius 1 is 0.491 bits per heavy atom. The third-order valence-electron chi connectivity index (χ3n) is 18.4. The maximum atomic E-state index is 13.1. The number of alkyl halides is 6. The molecule has 114 heavy (non-hydrogen) atoms. The molecule has 26 nitrogen and oxygen atoms in total. The van der Waals surface area contributed by atoms with Gasteiger partial charge in [0.1, 0.15) is 60.4 Å². The summed E-state index contributed by atoms with van der Waals surface area (Å²) in [6.45, 7) is 10.1. The molecule has 2 N–H and O–H groups in total. The van der Waals surface area contributed by atoms with Crippen LogP contribution in [0, 0.1) is 34.6 Å². The number of methoxy groups -OCH3 is 2. The molecule has 2 aromatic carbocycles. The number of nitrogens with one attached hydrogen (secondary N) is 2. The number of ether oxygens (including phenoxy) is 2. The molecular formula is C76H73Br3Cl2F6IN22O4-. The SMILES string of the molecule is COc1nc(C)nc(C2CC2)c1-c1ncc2cnn(Cc3ccc(-c4nc(C(F)(F)F)cn4C)cc3)c2n1.COc1nc(C)nc(C2CC2)c1Br.Cc1nc(C2CC2)c(Br)c(=O)[nH]1.Cc1nc(C2CC2)cc(=O)[nH]1.Cc1nc(Cl)c(Br)c(C2CC2)n1.Cn1cc(C(F)(F)F)nc1-c1ccc(Cn2ncc3cnc(Cl)nc32)cc1.[I-]. The fourth-order valence-electron chi connectivity index (χ4n) is 12.1. The Bertz CT molecular complexity index is 5790. The summed E-state index contributed by atoms with van der Waals surface area (Å²) < 4.78 is 96.9. The molecule has 5 saturated carbocycles. The van der Waals surface area contributed by atoms with Crippen LogP contribution in [0.3, 0.4) is 0 Å². The predicted molar refractivity (Wildman–Crippen MR) is 421 cm³/mol. The highest BCUT2D eigenvalue weighted by molar-refractivity contribution is 9.11. The first-order valence-corrected chi connectivity index (χ1v) is 39.0. The molecular weight excluding hydrogens is 1840 g/mol. The highest BCUT2D eigenvalue weighted by Gasteiger charge is 2.37. The summed E-state index contributed by atoms with van der Waals surface area (Å²) >= 11 is 21.8. The lowest BCUT2D eigenvalue weighted by Gasteiger charge is -2.12. The zero-order valence-electron chi connectivity index (χ0n) is 62.6. The van der Waals surface area contributed by atoms with E-state index >= 15 is 0 Å². The Kier molecular flexibility index (Phi) is 26.3. The lowest BCUT2D eigenvalue weighted by Crippen LogP contribution is -3.00. The number of fused-ring (bicyclic) bond motifs is 2. The summed E-state index contributed by atoms with van der Waals surface area (Å²) in [5.41, 5.74) is 7.98. The van der Waals surface area contributed by atoms with Gasteiger partial charge in [-0.25, -0.2) is 64.2 Å². The number of imidazole rings is 2. The van der Waals surface area contributed by atoms with Crippen molar-refractivity contribution in [2.45, 2.75) is 154 Å². The zero-order chi connectivity index (χ0) is 80.5. The number of aromatic amines is 2. The average molecular weight is 1910 g/mol. The summed E-state index contributed by atoms with van der Waals surface area (Å²) in [6, 6.07) is 15.9. The third kappa shape index (κ3) is 20.9. The van der Waals surface area contributed by atoms with Crippen LogP contribution < -0.4 is 44.6 Å². The number of rotatable bonds is 14. The minimum absolute atomic E-state index is 0. The van der Waals surface area contributed by atoms with Gasteiger partial charge in [0, 0.05) is 85.7 Å². The van der Waals surface area contributed by atoms with Crippen molar-refractivity contribution in [3.05, 3.63) is 216 Å². The Balaban J connectivity index is 0.000000137. The molecule has 0 saturated heterocycles. The molecule has 5 fully saturated rings. The monoisotopic (exact) mass is 1910 g/mol. The lowest BCUT2D eigenvalue weighted by atomic mass is 10.1. The molecule has 0 amide bonds. The van der Waals surface area contributed by atoms with Crippen molar-refractivity contribution in [1.29, 1.82) is 0 Å². The standard InChI is InChI=1S/C26H23F3N8O.C17H12ClF3N6.C9H11BrN2O.C8H8BrClN2.C8H9BrN2O.C8H10N2O.HI/c1-14-32-21(16-8-9-16)20(25(33-14)38-3)22-30-10-18-11-31-37(24(18)35-22)12-15-4-6-17(7-5-15)23-34-19(13-36(23)2)26(27,28)29;1-26-9-13(17(19,20)21)24-14(26)11-4-2-10(3-5-11)8-27-15-12(7-23-27)6-22-16(18)25-15;1-5-11-8(6-3-4-6)7(10)9(12-5)13-2;1-4-11-7(5-2-3-5)6(9)8(10)12-4;1-4-10-7(5-2-3-5)6(9)8(12)11-4;1-5-9-7(6-2-3-6)4-8(11)10-5;/h4-7,10-11,13,16H,8-9,12H2,1-3H3;2-7,9H,8H2,1H3;6H,3-4H2,1-2H3;5H,2-3H2,1H3;5H,2-3H2,1H3,(H,10,11,12);4,6H,2-3H2,1H3,(H,9,10,11);1H/p-1. The van der Waals surface area contributed by atoms with E-state index in [4.69, 9.17) is 37.7 Å². The van der Waals surface area contributed by atoms with E-state index in [1.807, 2.05) is 52.0 Å². The van der Waals surface area contributed by atoms with Crippen LogP contribution in [-0.4, -0.2) is 123 Å². The van der Waals surface area contributed by atoms with E-state index in [0.717, 1.165) is 115 Å². The fourth-order valence-corrected chi connectivity index (χ4v) is 14.2. The quantitative estimate of drug-likeness (QED) is 0.0442. The molecule has 11 heterocycles. The number of nitrogens with zero attached hydrogens (tertiary/aromatic N) is 20. The Morgan fingerprint density at radius 3 is 1.39 bits per heavy atom. The van der Waals surface area contributed by atoms with E-state index in [0.29, 0.717) is 110 Å². The van der Waals surface area contributed by atoms with Gasteiger partial charge >= 0.3 is 12.4 Å². The highest BCUT2D eigenvalue weighted by Crippen LogP contribution is 2.48. The van der Waals surface area contributed by atoms with Crippen LogP contribution in [0.5, 0.6) is 11.8 Å². The third-order valence-corrected chi connectivity index (χ3v) is 21.4. The number of benzene rings is 2. The zero-order valence-corrected chi connectivity index (χ0v) is 71.1. The summed E-state index contributed by atoms with van der Waals surface area (Å²) in [4.78, 5) is 87.0. The smallest absolute Gasteiger partial charge is 0.434 e. The van der Waals surface area contributed by atoms with Crippen molar-refractivity contribution in [2.24, 2.45) is 14.1 Å². The second kappa shape index (κ2) is 35.5. The average Bonchev–Trinajstić information content (AvgIpc) is 1.67. The Morgan fingerprint density at radius 2 is 0.921 bits per heavy atom. The number of H-pyrrole nitrogens is 2. The van der Waals surface area contributed by atoms with Crippen molar-refractivity contribution < 1.29 is 59.8 Å². The van der Waals surface area contributed by atoms with Gasteiger partial charge in [0.15, 0.2) is 28.5 Å². The van der Waals surface area contributed by atoms with Gasteiger partial charge in [-0.2, -0.15) is 51.5 Å². The van der Waals surface area contributed by atoms with Gasteiger partial charge in [-0.05, 0) is 169 Å². The first kappa shape index (κ1) is 84.3. The molecule has 38 heteroatoms. The van der Waals surface area contributed by atoms with Gasteiger partial charge in [-0.3, -0.25) is 9.59 Å². The van der Waals surface area contributed by atoms with Gasteiger partial charge < -0.3 is 52.6 Å². The van der Waals surface area contributed by atoms with Crippen molar-refractivity contribution in [3.63, 3.8) is 0 Å². The van der Waals surface area contributed by atoms with Crippen LogP contribution in [0.15, 0.2) is 115 Å². The largest absolute Gasteiger partial charge is 1.00 e. The molecule has 0 spiro atoms. The minimum atomic E-state index is -4.49. The second-order valence-corrected chi connectivity index (χ2v) is 30.8. The first-order valence-electron chi connectivity index (χ1n) is 35.8. The van der Waals surface area contributed by atoms with E-state index in [1.165, 1.54) is 54.7 Å². The number of aryl methyl sites for hydroxylation is 7. The Labute approximate surface area is 700 Å². The molecule has 596 valence electrons. The molecule has 0 bridgehead atoms. The number of hydrogen-bond donors (Lipinski definition) is 2. The van der Waals surface area contributed by atoms with Gasteiger partial charge in [0.2, 0.25) is 17.0 Å². The summed E-state index contributed by atoms with van der Waals surface area (Å²) in [5, 5.41) is 11.0. The molecule has 0 atom stereocenters. The molecule has 13 aromatic rings. The summed E-state index contributed by atoms with van der Waals surface area (Å²) in [5.74, 6) is 8.30. The minimum Gasteiger partial charge on any atom is -1.00 e. The van der Waals surface area contributed by atoms with Gasteiger partial charge in [0.05, 0.1) is 83.4 Å². The van der Waals surface area contributed by atoms with Crippen molar-refractivity contribution in [3.8, 4) is 45.9 Å². The van der Waals surface area contributed by atoms with Gasteiger partial charge in [0.25, 0.3) is 11.1 Å². The van der Waals surface area contributed by atoms with Crippen molar-refractivity contribution in [1.82, 2.24) is 108 Å². The van der Waals surface area contributed by atoms with Gasteiger partial charge in [-0.1, -0.05) is 60.1 Å². The Hall–Kier alpha value is -9.11. The normalized spacial score (nSPS) is 14.4. The van der Waals surface area contributed by atoms with Crippen LogP contribution >= 0.6 is 71.0 Å². The molecule has 0 aliphatic heterocycles. The second-order valence-electron chi connectivity index (χ2n) is 27.8. The fraction of sp³-hybridized carbons (Fsp3) is 0.368. The van der Waals surface area contributed by atoms with Crippen LogP contribution in [-0.2, 0) is 39.5 Å². The molecule has 0 radical (unpaired) electrons. The number of hydrogen-bond acceptors (Lipinski definition) is 20. The van der Waals surface area contributed by atoms with E-state index in [9.17, 15) is 35.9 Å². The molecule has 0 unspecified atom stereocenters. The molecule has 11 aromatic heterocycles. The number of halogens is 12. The van der Waals surface area contributed by atoms with Crippen molar-refractivity contribution >= 4 is 93.1 Å². The van der Waals surface area contributed by atoms with Crippen LogP contribution in [0.1, 0.15) is 174 Å². The van der Waals surface area contributed by atoms with E-state index < -0.39 is 23.7 Å². The van der Waals surface area contributed by atoms with E-state index in [-0.39, 0.29) is 52.0 Å². The van der Waals surface area contributed by atoms with Crippen LogP contribution in [0.25, 0.3) is 56.2 Å². The van der Waals surface area contributed by atoms with Crippen LogP contribution in [0.4, 0.5) is 26.3 Å². The molecule has 5 aliphatic carbocycles. The van der Waals surface area contributed by atoms with E-state index in [2.05, 4.69) is 133 Å².